The molecule has 4 N–H and O–H groups in total. The third kappa shape index (κ3) is 2.43. The summed E-state index contributed by atoms with van der Waals surface area (Å²) in [5, 5.41) is 8.59. The van der Waals surface area contributed by atoms with E-state index in [0.29, 0.717) is 18.7 Å². The molecule has 0 atom stereocenters. The Hall–Kier alpha value is -1.93. The number of nitrogens with one attached hydrogen (secondary N) is 1. The van der Waals surface area contributed by atoms with Crippen LogP contribution in [-0.2, 0) is 11.5 Å². The van der Waals surface area contributed by atoms with Crippen LogP contribution in [0.25, 0.3) is 11.2 Å². The number of aromatic nitrogens is 4. The van der Waals surface area contributed by atoms with Gasteiger partial charge in [-0.05, 0) is 6.42 Å². The second-order valence-electron chi connectivity index (χ2n) is 3.45. The Balaban J connectivity index is 2.21. The maximum Gasteiger partial charge on any atom is 0.280 e. The second-order valence-corrected chi connectivity index (χ2v) is 3.45. The first-order valence-electron chi connectivity index (χ1n) is 5.11. The first-order valence-corrected chi connectivity index (χ1v) is 5.11. The first kappa shape index (κ1) is 11.6. The number of imidazole rings is 1. The fourth-order valence-corrected chi connectivity index (χ4v) is 1.39. The van der Waals surface area contributed by atoms with Crippen molar-refractivity contribution in [2.24, 2.45) is 0 Å². The van der Waals surface area contributed by atoms with E-state index < -0.39 is 0 Å². The Bertz CT molecular complexity index is 561. The lowest BCUT2D eigenvalue weighted by molar-refractivity contribution is 0.0677. The Morgan fingerprint density at radius 2 is 2.41 bits per heavy atom. The summed E-state index contributed by atoms with van der Waals surface area (Å²) in [6, 6.07) is 0. The molecule has 0 saturated carbocycles. The molecule has 0 aromatic carbocycles. The molecule has 0 saturated heterocycles. The predicted molar refractivity (Wildman–Crippen MR) is 60.2 cm³/mol. The normalized spacial score (nSPS) is 11.1. The third-order valence-electron chi connectivity index (χ3n) is 2.17. The number of hydrogen-bond acceptors (Lipinski definition) is 6. The minimum absolute atomic E-state index is 0.0413. The summed E-state index contributed by atoms with van der Waals surface area (Å²) in [7, 11) is 0. The molecule has 92 valence electrons. The number of H-pyrrole nitrogens is 1. The number of nitrogen functional groups attached to an aromatic ring is 1. The van der Waals surface area contributed by atoms with Gasteiger partial charge in [-0.2, -0.15) is 4.98 Å². The highest BCUT2D eigenvalue weighted by Gasteiger charge is 2.08. The molecule has 2 aromatic rings. The highest BCUT2D eigenvalue weighted by molar-refractivity contribution is 5.70. The standard InChI is InChI=1S/C9H13N5O3/c10-9-12-7-6(8(16)13-9)11-4-14(7)5-17-3-1-2-15/h4,15H,1-3,5H2,(H3,10,12,13,16). The van der Waals surface area contributed by atoms with Gasteiger partial charge in [0.15, 0.2) is 11.2 Å². The molecule has 0 aliphatic carbocycles. The molecular weight excluding hydrogens is 226 g/mol. The summed E-state index contributed by atoms with van der Waals surface area (Å²) in [6.45, 7) is 0.719. The van der Waals surface area contributed by atoms with E-state index in [1.54, 1.807) is 4.57 Å². The fourth-order valence-electron chi connectivity index (χ4n) is 1.39. The average Bonchev–Trinajstić information content (AvgIpc) is 2.68. The Morgan fingerprint density at radius 3 is 3.18 bits per heavy atom. The summed E-state index contributed by atoms with van der Waals surface area (Å²) >= 11 is 0. The summed E-state index contributed by atoms with van der Waals surface area (Å²) in [6.07, 6.45) is 2.02. The molecule has 0 fully saturated rings. The fraction of sp³-hybridized carbons (Fsp3) is 0.444. The van der Waals surface area contributed by atoms with Crippen molar-refractivity contribution >= 4 is 17.1 Å². The van der Waals surface area contributed by atoms with Gasteiger partial charge in [0.25, 0.3) is 5.56 Å². The number of fused-ring (bicyclic) bond motifs is 1. The van der Waals surface area contributed by atoms with Crippen LogP contribution in [0.1, 0.15) is 6.42 Å². The van der Waals surface area contributed by atoms with Crippen molar-refractivity contribution in [2.45, 2.75) is 13.2 Å². The number of nitrogens with zero attached hydrogens (tertiary/aromatic N) is 3. The smallest absolute Gasteiger partial charge is 0.280 e. The minimum atomic E-state index is -0.374. The van der Waals surface area contributed by atoms with Crippen molar-refractivity contribution in [1.29, 1.82) is 0 Å². The lowest BCUT2D eigenvalue weighted by Crippen LogP contribution is -2.12. The summed E-state index contributed by atoms with van der Waals surface area (Å²) in [5.41, 5.74) is 5.69. The van der Waals surface area contributed by atoms with Crippen molar-refractivity contribution < 1.29 is 9.84 Å². The number of nitrogens with two attached hydrogens (primary N) is 1. The molecule has 0 aliphatic heterocycles. The van der Waals surface area contributed by atoms with Crippen LogP contribution in [-0.4, -0.2) is 37.8 Å². The highest BCUT2D eigenvalue weighted by atomic mass is 16.5. The van der Waals surface area contributed by atoms with Crippen molar-refractivity contribution in [3.63, 3.8) is 0 Å². The molecule has 17 heavy (non-hydrogen) atoms. The van der Waals surface area contributed by atoms with Gasteiger partial charge in [0, 0.05) is 6.61 Å². The lowest BCUT2D eigenvalue weighted by Gasteiger charge is -2.04. The topological polar surface area (TPSA) is 119 Å². The molecule has 0 amide bonds. The molecule has 2 aromatic heterocycles. The van der Waals surface area contributed by atoms with E-state index in [9.17, 15) is 4.79 Å². The number of ether oxygens (including phenoxy) is 1. The number of aromatic amines is 1. The van der Waals surface area contributed by atoms with E-state index in [4.69, 9.17) is 15.6 Å². The van der Waals surface area contributed by atoms with Crippen LogP contribution in [0.3, 0.4) is 0 Å². The van der Waals surface area contributed by atoms with Crippen LogP contribution in [0.4, 0.5) is 5.95 Å². The minimum Gasteiger partial charge on any atom is -0.396 e. The SMILES string of the molecule is Nc1nc2c(ncn2COCCCO)c(=O)[nH]1. The maximum atomic E-state index is 11.5. The molecule has 2 rings (SSSR count). The zero-order valence-electron chi connectivity index (χ0n) is 9.09. The molecule has 8 heteroatoms. The van der Waals surface area contributed by atoms with Crippen molar-refractivity contribution in [1.82, 2.24) is 19.5 Å². The molecule has 0 unspecified atom stereocenters. The summed E-state index contributed by atoms with van der Waals surface area (Å²) in [4.78, 5) is 21.7. The van der Waals surface area contributed by atoms with Crippen LogP contribution in [0.2, 0.25) is 0 Å². The van der Waals surface area contributed by atoms with Crippen LogP contribution >= 0.6 is 0 Å². The van der Waals surface area contributed by atoms with Gasteiger partial charge in [-0.25, -0.2) is 4.98 Å². The zero-order chi connectivity index (χ0) is 12.3. The van der Waals surface area contributed by atoms with Gasteiger partial charge in [-0.15, -0.1) is 0 Å². The Kier molecular flexibility index (Phi) is 3.35. The van der Waals surface area contributed by atoms with Crippen LogP contribution in [0.5, 0.6) is 0 Å². The lowest BCUT2D eigenvalue weighted by atomic mass is 10.5. The molecule has 0 spiro atoms. The molecule has 0 bridgehead atoms. The van der Waals surface area contributed by atoms with Gasteiger partial charge < -0.3 is 15.6 Å². The molecule has 0 aliphatic rings. The summed E-state index contributed by atoms with van der Waals surface area (Å²) < 4.78 is 6.86. The van der Waals surface area contributed by atoms with Gasteiger partial charge in [0.2, 0.25) is 5.95 Å². The van der Waals surface area contributed by atoms with E-state index in [2.05, 4.69) is 15.0 Å². The number of aliphatic hydroxyl groups excluding tert-OH is 1. The van der Waals surface area contributed by atoms with E-state index in [0.717, 1.165) is 0 Å². The van der Waals surface area contributed by atoms with Gasteiger partial charge in [0.1, 0.15) is 6.73 Å². The van der Waals surface area contributed by atoms with E-state index in [1.807, 2.05) is 0 Å². The predicted octanol–water partition coefficient (Wildman–Crippen LogP) is -0.942. The molecular formula is C9H13N5O3. The zero-order valence-corrected chi connectivity index (χ0v) is 9.09. The number of anilines is 1. The second kappa shape index (κ2) is 4.93. The molecule has 8 nitrogen and oxygen atoms in total. The quantitative estimate of drug-likeness (QED) is 0.579. The number of hydrogen-bond donors (Lipinski definition) is 3. The molecule has 2 heterocycles. The van der Waals surface area contributed by atoms with Crippen molar-refractivity contribution in [3.8, 4) is 0 Å². The maximum absolute atomic E-state index is 11.5. The van der Waals surface area contributed by atoms with E-state index in [1.165, 1.54) is 6.33 Å². The first-order chi connectivity index (χ1) is 8.22. The van der Waals surface area contributed by atoms with Crippen LogP contribution < -0.4 is 11.3 Å². The van der Waals surface area contributed by atoms with E-state index in [-0.39, 0.29) is 30.4 Å². The van der Waals surface area contributed by atoms with Gasteiger partial charge in [-0.3, -0.25) is 14.3 Å². The van der Waals surface area contributed by atoms with Crippen molar-refractivity contribution in [3.05, 3.63) is 16.7 Å². The van der Waals surface area contributed by atoms with Crippen molar-refractivity contribution in [2.75, 3.05) is 18.9 Å². The Morgan fingerprint density at radius 1 is 1.59 bits per heavy atom. The highest BCUT2D eigenvalue weighted by Crippen LogP contribution is 2.06. The Labute approximate surface area is 96.1 Å². The van der Waals surface area contributed by atoms with E-state index >= 15 is 0 Å². The average molecular weight is 239 g/mol. The largest absolute Gasteiger partial charge is 0.396 e. The summed E-state index contributed by atoms with van der Waals surface area (Å²) in [5.74, 6) is 0.0413. The van der Waals surface area contributed by atoms with Gasteiger partial charge >= 0.3 is 0 Å². The van der Waals surface area contributed by atoms with Gasteiger partial charge in [0.05, 0.1) is 12.9 Å². The third-order valence-corrected chi connectivity index (χ3v) is 2.17. The van der Waals surface area contributed by atoms with Gasteiger partial charge in [-0.1, -0.05) is 0 Å². The number of aliphatic hydroxyl groups is 1. The van der Waals surface area contributed by atoms with Crippen LogP contribution in [0.15, 0.2) is 11.1 Å². The monoisotopic (exact) mass is 239 g/mol. The molecule has 0 radical (unpaired) electrons. The van der Waals surface area contributed by atoms with Crippen LogP contribution in [0, 0.1) is 0 Å². The number of rotatable bonds is 5.